The van der Waals surface area contributed by atoms with Crippen molar-refractivity contribution in [2.75, 3.05) is 11.9 Å². The Hall–Kier alpha value is -1.17. The zero-order chi connectivity index (χ0) is 14.4. The third-order valence-corrected chi connectivity index (χ3v) is 4.06. The Balaban J connectivity index is 2.45. The minimum absolute atomic E-state index is 0.870. The third kappa shape index (κ3) is 3.69. The summed E-state index contributed by atoms with van der Waals surface area (Å²) in [4.78, 5) is 9.42. The quantitative estimate of drug-likeness (QED) is 0.748. The number of nitrogens with zero attached hydrogens (tertiary/aromatic N) is 2. The number of benzene rings is 1. The first-order valence-corrected chi connectivity index (χ1v) is 8.19. The molecule has 1 aromatic heterocycles. The normalized spacial score (nSPS) is 10.6. The van der Waals surface area contributed by atoms with E-state index >= 15 is 0 Å². The third-order valence-electron chi connectivity index (χ3n) is 3.04. The molecule has 1 heterocycles. The van der Waals surface area contributed by atoms with Crippen LogP contribution in [0.25, 0.3) is 11.3 Å². The molecule has 0 aliphatic carbocycles. The van der Waals surface area contributed by atoms with Gasteiger partial charge in [-0.1, -0.05) is 43.7 Å². The van der Waals surface area contributed by atoms with Crippen LogP contribution in [0.3, 0.4) is 0 Å². The van der Waals surface area contributed by atoms with E-state index in [1.165, 1.54) is 0 Å². The summed E-state index contributed by atoms with van der Waals surface area (Å²) in [6.07, 6.45) is 3.22. The lowest BCUT2D eigenvalue weighted by Gasteiger charge is -2.12. The van der Waals surface area contributed by atoms with Gasteiger partial charge in [-0.25, -0.2) is 9.97 Å². The highest BCUT2D eigenvalue weighted by atomic mass is 127. The van der Waals surface area contributed by atoms with Gasteiger partial charge in [0.25, 0.3) is 0 Å². The Morgan fingerprint density at radius 3 is 2.50 bits per heavy atom. The molecule has 4 heteroatoms. The number of halogens is 1. The monoisotopic (exact) mass is 381 g/mol. The first-order chi connectivity index (χ1) is 9.76. The van der Waals surface area contributed by atoms with Gasteiger partial charge >= 0.3 is 0 Å². The van der Waals surface area contributed by atoms with E-state index in [1.807, 2.05) is 18.2 Å². The summed E-state index contributed by atoms with van der Waals surface area (Å²) >= 11 is 2.33. The van der Waals surface area contributed by atoms with Crippen LogP contribution in [0.2, 0.25) is 0 Å². The highest BCUT2D eigenvalue weighted by molar-refractivity contribution is 14.1. The second-order valence-corrected chi connectivity index (χ2v) is 5.73. The van der Waals surface area contributed by atoms with Gasteiger partial charge in [0.05, 0.1) is 9.26 Å². The van der Waals surface area contributed by atoms with E-state index in [0.29, 0.717) is 0 Å². The minimum Gasteiger partial charge on any atom is -0.369 e. The van der Waals surface area contributed by atoms with E-state index in [-0.39, 0.29) is 0 Å². The molecule has 0 bridgehead atoms. The van der Waals surface area contributed by atoms with Crippen molar-refractivity contribution in [2.24, 2.45) is 0 Å². The highest BCUT2D eigenvalue weighted by Gasteiger charge is 2.13. The molecule has 0 saturated carbocycles. The Labute approximate surface area is 134 Å². The second-order valence-electron chi connectivity index (χ2n) is 4.65. The van der Waals surface area contributed by atoms with Crippen LogP contribution < -0.4 is 5.32 Å². The Bertz CT molecular complexity index is 555. The molecule has 1 aromatic carbocycles. The molecular weight excluding hydrogens is 361 g/mol. The van der Waals surface area contributed by atoms with Gasteiger partial charge in [-0.3, -0.25) is 0 Å². The fourth-order valence-electron chi connectivity index (χ4n) is 2.01. The van der Waals surface area contributed by atoms with Crippen LogP contribution in [0.15, 0.2) is 30.3 Å². The van der Waals surface area contributed by atoms with Gasteiger partial charge < -0.3 is 5.32 Å². The Morgan fingerprint density at radius 1 is 1.10 bits per heavy atom. The molecule has 0 spiro atoms. The zero-order valence-corrected chi connectivity index (χ0v) is 14.1. The molecule has 3 nitrogen and oxygen atoms in total. The van der Waals surface area contributed by atoms with Gasteiger partial charge in [-0.15, -0.1) is 0 Å². The Morgan fingerprint density at radius 2 is 1.85 bits per heavy atom. The molecule has 0 aliphatic heterocycles. The number of anilines is 1. The van der Waals surface area contributed by atoms with Crippen molar-refractivity contribution in [3.05, 3.63) is 39.7 Å². The number of unbranched alkanes of at least 4 members (excludes halogenated alkanes) is 1. The van der Waals surface area contributed by atoms with Crippen molar-refractivity contribution in [3.63, 3.8) is 0 Å². The van der Waals surface area contributed by atoms with E-state index in [4.69, 9.17) is 4.98 Å². The Kier molecular flexibility index (Phi) is 5.76. The molecule has 0 saturated heterocycles. The summed E-state index contributed by atoms with van der Waals surface area (Å²) in [7, 11) is 0. The first kappa shape index (κ1) is 15.2. The molecule has 0 amide bonds. The molecular formula is C16H20IN3. The standard InChI is InChI=1S/C16H20IN3/c1-3-5-11-13-19-15(12-9-7-6-8-10-12)14(17)16(20-13)18-4-2/h6-10H,3-5,11H2,1-2H3,(H,18,19,20). The molecule has 0 atom stereocenters. The number of aryl methyl sites for hydroxylation is 1. The molecule has 2 rings (SSSR count). The highest BCUT2D eigenvalue weighted by Crippen LogP contribution is 2.28. The molecule has 0 fully saturated rings. The lowest BCUT2D eigenvalue weighted by Crippen LogP contribution is -2.08. The molecule has 0 unspecified atom stereocenters. The van der Waals surface area contributed by atoms with Crippen molar-refractivity contribution in [1.29, 1.82) is 0 Å². The number of hydrogen-bond acceptors (Lipinski definition) is 3. The predicted octanol–water partition coefficient (Wildman–Crippen LogP) is 4.52. The summed E-state index contributed by atoms with van der Waals surface area (Å²) < 4.78 is 1.09. The fraction of sp³-hybridized carbons (Fsp3) is 0.375. The summed E-state index contributed by atoms with van der Waals surface area (Å²) in [5, 5.41) is 3.34. The van der Waals surface area contributed by atoms with Crippen molar-refractivity contribution in [3.8, 4) is 11.3 Å². The van der Waals surface area contributed by atoms with Crippen LogP contribution >= 0.6 is 22.6 Å². The van der Waals surface area contributed by atoms with Crippen LogP contribution in [0, 0.1) is 3.57 Å². The molecule has 106 valence electrons. The lowest BCUT2D eigenvalue weighted by molar-refractivity contribution is 0.752. The van der Waals surface area contributed by atoms with Crippen LogP contribution in [-0.4, -0.2) is 16.5 Å². The van der Waals surface area contributed by atoms with Gasteiger partial charge in [0.1, 0.15) is 11.6 Å². The topological polar surface area (TPSA) is 37.8 Å². The average Bonchev–Trinajstić information content (AvgIpc) is 2.49. The summed E-state index contributed by atoms with van der Waals surface area (Å²) in [6.45, 7) is 5.15. The number of rotatable bonds is 6. The molecule has 0 aliphatic rings. The first-order valence-electron chi connectivity index (χ1n) is 7.12. The minimum atomic E-state index is 0.870. The van der Waals surface area contributed by atoms with Gasteiger partial charge in [0.2, 0.25) is 0 Å². The maximum Gasteiger partial charge on any atom is 0.143 e. The van der Waals surface area contributed by atoms with Crippen molar-refractivity contribution < 1.29 is 0 Å². The second kappa shape index (κ2) is 7.57. The molecule has 20 heavy (non-hydrogen) atoms. The summed E-state index contributed by atoms with van der Waals surface area (Å²) in [5.41, 5.74) is 2.18. The fourth-order valence-corrected chi connectivity index (χ4v) is 2.76. The molecule has 2 aromatic rings. The van der Waals surface area contributed by atoms with Crippen LogP contribution in [0.4, 0.5) is 5.82 Å². The average molecular weight is 381 g/mol. The number of nitrogens with one attached hydrogen (secondary N) is 1. The summed E-state index contributed by atoms with van der Waals surface area (Å²) in [6, 6.07) is 10.3. The van der Waals surface area contributed by atoms with E-state index in [0.717, 1.165) is 52.3 Å². The van der Waals surface area contributed by atoms with Crippen molar-refractivity contribution in [2.45, 2.75) is 33.1 Å². The van der Waals surface area contributed by atoms with Crippen molar-refractivity contribution in [1.82, 2.24) is 9.97 Å². The molecule has 0 radical (unpaired) electrons. The maximum absolute atomic E-state index is 4.76. The largest absolute Gasteiger partial charge is 0.369 e. The van der Waals surface area contributed by atoms with Gasteiger partial charge in [-0.2, -0.15) is 0 Å². The number of aromatic nitrogens is 2. The van der Waals surface area contributed by atoms with E-state index in [9.17, 15) is 0 Å². The zero-order valence-electron chi connectivity index (χ0n) is 12.0. The van der Waals surface area contributed by atoms with Gasteiger partial charge in [0.15, 0.2) is 0 Å². The smallest absolute Gasteiger partial charge is 0.143 e. The van der Waals surface area contributed by atoms with E-state index < -0.39 is 0 Å². The van der Waals surface area contributed by atoms with Crippen LogP contribution in [-0.2, 0) is 6.42 Å². The van der Waals surface area contributed by atoms with Crippen LogP contribution in [0.1, 0.15) is 32.5 Å². The predicted molar refractivity (Wildman–Crippen MR) is 93.0 cm³/mol. The molecule has 1 N–H and O–H groups in total. The maximum atomic E-state index is 4.76. The van der Waals surface area contributed by atoms with Gasteiger partial charge in [0, 0.05) is 18.5 Å². The van der Waals surface area contributed by atoms with E-state index in [2.05, 4.69) is 58.9 Å². The van der Waals surface area contributed by atoms with Gasteiger partial charge in [-0.05, 0) is 35.9 Å². The van der Waals surface area contributed by atoms with Crippen molar-refractivity contribution >= 4 is 28.4 Å². The summed E-state index contributed by atoms with van der Waals surface area (Å²) in [5.74, 6) is 1.88. The SMILES string of the molecule is CCCCc1nc(NCC)c(I)c(-c2ccccc2)n1. The van der Waals surface area contributed by atoms with E-state index in [1.54, 1.807) is 0 Å². The lowest BCUT2D eigenvalue weighted by atomic mass is 10.1. The number of hydrogen-bond donors (Lipinski definition) is 1. The van der Waals surface area contributed by atoms with Crippen LogP contribution in [0.5, 0.6) is 0 Å².